The van der Waals surface area contributed by atoms with Gasteiger partial charge in [0.15, 0.2) is 5.96 Å². The molecule has 0 heterocycles. The lowest BCUT2D eigenvalue weighted by Crippen LogP contribution is -2.43. The van der Waals surface area contributed by atoms with E-state index >= 15 is 0 Å². The number of aliphatic imine (C=N–C) groups is 1. The van der Waals surface area contributed by atoms with Crippen LogP contribution in [-0.2, 0) is 13.1 Å². The molecule has 0 spiro atoms. The maximum Gasteiger partial charge on any atom is 0.318 e. The first kappa shape index (κ1) is 17.5. The predicted octanol–water partition coefficient (Wildman–Crippen LogP) is 2.42. The molecule has 0 aromatic heterocycles. The molecule has 2 aromatic rings. The summed E-state index contributed by atoms with van der Waals surface area (Å²) in [5, 5.41) is 5.57. The molecule has 0 unspecified atom stereocenters. The van der Waals surface area contributed by atoms with Crippen molar-refractivity contribution in [2.24, 2.45) is 10.7 Å². The van der Waals surface area contributed by atoms with Gasteiger partial charge in [-0.15, -0.1) is 12.4 Å². The minimum Gasteiger partial charge on any atom is -0.352 e. The Kier molecular flexibility index (Phi) is 7.50. The van der Waals surface area contributed by atoms with E-state index in [1.807, 2.05) is 60.7 Å². The zero-order valence-electron chi connectivity index (χ0n) is 12.0. The van der Waals surface area contributed by atoms with Crippen LogP contribution in [0, 0.1) is 0 Å². The Balaban J connectivity index is 0.00000242. The van der Waals surface area contributed by atoms with Crippen LogP contribution in [0.5, 0.6) is 0 Å². The fourth-order valence-corrected chi connectivity index (χ4v) is 1.79. The number of hydrogen-bond donors (Lipinski definition) is 3. The summed E-state index contributed by atoms with van der Waals surface area (Å²) in [5.41, 5.74) is 7.31. The molecule has 0 aliphatic heterocycles. The molecule has 2 aromatic carbocycles. The van der Waals surface area contributed by atoms with Gasteiger partial charge in [0.1, 0.15) is 0 Å². The van der Waals surface area contributed by atoms with Crippen LogP contribution in [0.3, 0.4) is 0 Å². The number of amides is 2. The Morgan fingerprint density at radius 2 is 1.50 bits per heavy atom. The van der Waals surface area contributed by atoms with Crippen LogP contribution in [0.25, 0.3) is 0 Å². The molecule has 5 nitrogen and oxygen atoms in total. The summed E-state index contributed by atoms with van der Waals surface area (Å²) in [6, 6.07) is 19.0. The van der Waals surface area contributed by atoms with Crippen molar-refractivity contribution in [1.82, 2.24) is 10.6 Å². The summed E-state index contributed by atoms with van der Waals surface area (Å²) in [6.45, 7) is 1.03. The molecule has 6 heteroatoms. The molecule has 4 N–H and O–H groups in total. The fraction of sp³-hybridized carbons (Fsp3) is 0.125. The number of urea groups is 1. The van der Waals surface area contributed by atoms with E-state index in [1.54, 1.807) is 0 Å². The summed E-state index contributed by atoms with van der Waals surface area (Å²) in [6.07, 6.45) is 0. The van der Waals surface area contributed by atoms with Gasteiger partial charge in [0, 0.05) is 6.54 Å². The van der Waals surface area contributed by atoms with Crippen LogP contribution in [-0.4, -0.2) is 12.0 Å². The van der Waals surface area contributed by atoms with Gasteiger partial charge in [-0.2, -0.15) is 0 Å². The average molecular weight is 319 g/mol. The minimum absolute atomic E-state index is 0. The molecule has 0 radical (unpaired) electrons. The molecule has 2 rings (SSSR count). The van der Waals surface area contributed by atoms with E-state index in [9.17, 15) is 4.79 Å². The summed E-state index contributed by atoms with van der Waals surface area (Å²) in [7, 11) is 0. The molecule has 116 valence electrons. The number of guanidine groups is 1. The number of nitrogens with two attached hydrogens (primary N) is 1. The van der Waals surface area contributed by atoms with E-state index in [1.165, 1.54) is 0 Å². The number of primary amides is 1. The van der Waals surface area contributed by atoms with Gasteiger partial charge < -0.3 is 11.1 Å². The van der Waals surface area contributed by atoms with Crippen LogP contribution in [0.2, 0.25) is 0 Å². The lowest BCUT2D eigenvalue weighted by molar-refractivity contribution is 0.253. The second-order valence-corrected chi connectivity index (χ2v) is 4.48. The van der Waals surface area contributed by atoms with Crippen LogP contribution in [0.4, 0.5) is 4.79 Å². The molecule has 0 fully saturated rings. The fourth-order valence-electron chi connectivity index (χ4n) is 1.79. The lowest BCUT2D eigenvalue weighted by Gasteiger charge is -2.10. The Labute approximate surface area is 136 Å². The van der Waals surface area contributed by atoms with E-state index < -0.39 is 6.03 Å². The third kappa shape index (κ3) is 6.28. The highest BCUT2D eigenvalue weighted by atomic mass is 35.5. The number of rotatable bonds is 4. The second-order valence-electron chi connectivity index (χ2n) is 4.48. The Bertz CT molecular complexity index is 602. The van der Waals surface area contributed by atoms with Crippen molar-refractivity contribution in [1.29, 1.82) is 0 Å². The van der Waals surface area contributed by atoms with E-state index in [-0.39, 0.29) is 12.4 Å². The zero-order chi connectivity index (χ0) is 14.9. The van der Waals surface area contributed by atoms with Crippen molar-refractivity contribution in [3.8, 4) is 0 Å². The van der Waals surface area contributed by atoms with E-state index in [4.69, 9.17) is 5.73 Å². The van der Waals surface area contributed by atoms with Crippen molar-refractivity contribution in [2.45, 2.75) is 13.1 Å². The topological polar surface area (TPSA) is 79.5 Å². The number of hydrogen-bond acceptors (Lipinski definition) is 2. The van der Waals surface area contributed by atoms with Crippen LogP contribution >= 0.6 is 12.4 Å². The van der Waals surface area contributed by atoms with Crippen molar-refractivity contribution in [3.63, 3.8) is 0 Å². The summed E-state index contributed by atoms with van der Waals surface area (Å²) in [4.78, 5) is 15.4. The normalized spacial score (nSPS) is 10.5. The number of carbonyl (C=O) groups is 1. The van der Waals surface area contributed by atoms with Gasteiger partial charge >= 0.3 is 6.03 Å². The van der Waals surface area contributed by atoms with Crippen molar-refractivity contribution >= 4 is 24.4 Å². The number of carbonyl (C=O) groups excluding carboxylic acids is 1. The van der Waals surface area contributed by atoms with Crippen molar-refractivity contribution < 1.29 is 4.79 Å². The standard InChI is InChI=1S/C16H18N4O.ClH/c17-15(21)20-16(18-11-13-7-3-1-4-8-13)19-12-14-9-5-2-6-10-14;/h1-10H,11-12H2,(H4,17,18,19,20,21);1H. The van der Waals surface area contributed by atoms with E-state index in [0.29, 0.717) is 19.0 Å². The van der Waals surface area contributed by atoms with Crippen molar-refractivity contribution in [3.05, 3.63) is 71.8 Å². The molecule has 0 aliphatic rings. The quantitative estimate of drug-likeness (QED) is 0.598. The maximum atomic E-state index is 11.0. The number of nitrogens with zero attached hydrogens (tertiary/aromatic N) is 1. The van der Waals surface area contributed by atoms with Gasteiger partial charge in [-0.1, -0.05) is 60.7 Å². The van der Waals surface area contributed by atoms with Gasteiger partial charge in [0.25, 0.3) is 0 Å². The minimum atomic E-state index is -0.637. The zero-order valence-corrected chi connectivity index (χ0v) is 12.8. The number of halogens is 1. The Hall–Kier alpha value is -2.53. The summed E-state index contributed by atoms with van der Waals surface area (Å²) in [5.74, 6) is 0.371. The van der Waals surface area contributed by atoms with Crippen molar-refractivity contribution in [2.75, 3.05) is 0 Å². The first-order valence-corrected chi connectivity index (χ1v) is 6.66. The highest BCUT2D eigenvalue weighted by Crippen LogP contribution is 2.00. The molecule has 0 aliphatic carbocycles. The lowest BCUT2D eigenvalue weighted by atomic mass is 10.2. The smallest absolute Gasteiger partial charge is 0.318 e. The summed E-state index contributed by atoms with van der Waals surface area (Å²) >= 11 is 0. The monoisotopic (exact) mass is 318 g/mol. The first-order chi connectivity index (χ1) is 10.2. The van der Waals surface area contributed by atoms with Crippen LogP contribution in [0.15, 0.2) is 65.7 Å². The largest absolute Gasteiger partial charge is 0.352 e. The van der Waals surface area contributed by atoms with E-state index in [2.05, 4.69) is 15.6 Å². The van der Waals surface area contributed by atoms with E-state index in [0.717, 1.165) is 11.1 Å². The average Bonchev–Trinajstić information content (AvgIpc) is 2.51. The van der Waals surface area contributed by atoms with Gasteiger partial charge in [0.2, 0.25) is 0 Å². The molecule has 0 saturated carbocycles. The Morgan fingerprint density at radius 3 is 2.05 bits per heavy atom. The SMILES string of the molecule is Cl.NC(=O)NC(=NCc1ccccc1)NCc1ccccc1. The highest BCUT2D eigenvalue weighted by Gasteiger charge is 2.02. The molecule has 0 saturated heterocycles. The third-order valence-corrected chi connectivity index (χ3v) is 2.81. The highest BCUT2D eigenvalue weighted by molar-refractivity contribution is 5.95. The van der Waals surface area contributed by atoms with Gasteiger partial charge in [-0.05, 0) is 11.1 Å². The molecule has 22 heavy (non-hydrogen) atoms. The second kappa shape index (κ2) is 9.41. The molecule has 0 atom stereocenters. The Morgan fingerprint density at radius 1 is 0.955 bits per heavy atom. The first-order valence-electron chi connectivity index (χ1n) is 6.66. The predicted molar refractivity (Wildman–Crippen MR) is 90.8 cm³/mol. The molecule has 0 bridgehead atoms. The van der Waals surface area contributed by atoms with Gasteiger partial charge in [-0.3, -0.25) is 5.32 Å². The number of nitrogens with one attached hydrogen (secondary N) is 2. The summed E-state index contributed by atoms with van der Waals surface area (Å²) < 4.78 is 0. The third-order valence-electron chi connectivity index (χ3n) is 2.81. The maximum absolute atomic E-state index is 11.0. The van der Waals surface area contributed by atoms with Gasteiger partial charge in [0.05, 0.1) is 6.54 Å². The molecule has 2 amide bonds. The molecular formula is C16H19ClN4O. The van der Waals surface area contributed by atoms with Crippen LogP contribution in [0.1, 0.15) is 11.1 Å². The van der Waals surface area contributed by atoms with Gasteiger partial charge in [-0.25, -0.2) is 9.79 Å². The van der Waals surface area contributed by atoms with Crippen LogP contribution < -0.4 is 16.4 Å². The molecular weight excluding hydrogens is 300 g/mol. The number of benzene rings is 2.